The van der Waals surface area contributed by atoms with Crippen LogP contribution in [0.1, 0.15) is 31.2 Å². The van der Waals surface area contributed by atoms with Crippen molar-refractivity contribution in [3.05, 3.63) is 53.8 Å². The lowest BCUT2D eigenvalue weighted by Gasteiger charge is -2.26. The lowest BCUT2D eigenvalue weighted by Crippen LogP contribution is -2.36. The molecule has 31 heavy (non-hydrogen) atoms. The number of aliphatic hydroxyl groups is 1. The molecule has 1 saturated carbocycles. The molecule has 1 aliphatic carbocycles. The van der Waals surface area contributed by atoms with Crippen LogP contribution in [0.5, 0.6) is 0 Å². The first-order valence-corrected chi connectivity index (χ1v) is 11.5. The number of aliphatic hydroxyl groups excluding tert-OH is 1. The largest absolute Gasteiger partial charge is 0.398 e. The minimum Gasteiger partial charge on any atom is -0.398 e. The van der Waals surface area contributed by atoms with Crippen LogP contribution < -0.4 is 22.3 Å². The first-order chi connectivity index (χ1) is 14.7. The van der Waals surface area contributed by atoms with E-state index in [1.165, 1.54) is 17.9 Å². The number of aromatic nitrogens is 4. The molecule has 0 aliphatic heterocycles. The number of H-pyrrole nitrogens is 1. The van der Waals surface area contributed by atoms with Gasteiger partial charge in [0.2, 0.25) is 0 Å². The second kappa shape index (κ2) is 10.1. The number of benzene rings is 1. The average Bonchev–Trinajstić information content (AvgIpc) is 3.24. The van der Waals surface area contributed by atoms with Crippen molar-refractivity contribution in [1.82, 2.24) is 24.4 Å². The van der Waals surface area contributed by atoms with Gasteiger partial charge in [-0.25, -0.2) is 9.78 Å². The van der Waals surface area contributed by atoms with Crippen LogP contribution in [0.3, 0.4) is 0 Å². The van der Waals surface area contributed by atoms with Crippen molar-refractivity contribution in [3.8, 4) is 0 Å². The molecule has 0 amide bonds. The molecule has 5 N–H and O–H groups in total. The highest BCUT2D eigenvalue weighted by Crippen LogP contribution is 2.28. The normalized spacial score (nSPS) is 18.6. The summed E-state index contributed by atoms with van der Waals surface area (Å²) in [6, 6.07) is 4.49. The predicted molar refractivity (Wildman–Crippen MR) is 128 cm³/mol. The van der Waals surface area contributed by atoms with Crippen LogP contribution in [0.25, 0.3) is 11.2 Å². The molecule has 0 atom stereocenters. The number of anilines is 1. The standard InChI is InChI=1S/C13H18Br2N2O.C7H8N4O2/c14-9-5-8(13(16)12(15)6-9)7-17-10-1-3-11(18)4-2-10;1-10-5-4(8-3-9-5)6(12)11(2)7(10)13/h5-6,10-11,17-18H,1-4,7,16H2;3H,1-2H3,(H,8,9). The fourth-order valence-electron chi connectivity index (χ4n) is 3.59. The smallest absolute Gasteiger partial charge is 0.332 e. The van der Waals surface area contributed by atoms with Crippen molar-refractivity contribution in [2.45, 2.75) is 44.4 Å². The van der Waals surface area contributed by atoms with E-state index in [9.17, 15) is 14.7 Å². The maximum absolute atomic E-state index is 11.4. The minimum absolute atomic E-state index is 0.104. The van der Waals surface area contributed by atoms with E-state index in [2.05, 4.69) is 47.1 Å². The highest BCUT2D eigenvalue weighted by molar-refractivity contribution is 9.11. The fourth-order valence-corrected chi connectivity index (χ4v) is 4.90. The van der Waals surface area contributed by atoms with Gasteiger partial charge in [-0.15, -0.1) is 0 Å². The molecule has 4 rings (SSSR count). The van der Waals surface area contributed by atoms with Crippen molar-refractivity contribution in [1.29, 1.82) is 0 Å². The van der Waals surface area contributed by atoms with Crippen molar-refractivity contribution in [3.63, 3.8) is 0 Å². The lowest BCUT2D eigenvalue weighted by molar-refractivity contribution is 0.116. The minimum atomic E-state index is -0.371. The van der Waals surface area contributed by atoms with Crippen molar-refractivity contribution < 1.29 is 5.11 Å². The average molecular weight is 558 g/mol. The molecule has 1 fully saturated rings. The van der Waals surface area contributed by atoms with E-state index in [1.54, 1.807) is 7.05 Å². The summed E-state index contributed by atoms with van der Waals surface area (Å²) in [7, 11) is 3.01. The molecule has 0 bridgehead atoms. The third-order valence-electron chi connectivity index (χ3n) is 5.49. The molecule has 1 aromatic carbocycles. The molecular formula is C20H26Br2N6O3. The molecule has 0 spiro atoms. The summed E-state index contributed by atoms with van der Waals surface area (Å²) in [5.41, 5.74) is 7.95. The van der Waals surface area contributed by atoms with Gasteiger partial charge >= 0.3 is 5.69 Å². The maximum Gasteiger partial charge on any atom is 0.332 e. The molecule has 2 aromatic heterocycles. The van der Waals surface area contributed by atoms with Gasteiger partial charge in [0.15, 0.2) is 5.65 Å². The molecule has 2 heterocycles. The Morgan fingerprint density at radius 2 is 1.87 bits per heavy atom. The molecular weight excluding hydrogens is 532 g/mol. The Kier molecular flexibility index (Phi) is 7.73. The zero-order valence-corrected chi connectivity index (χ0v) is 20.5. The van der Waals surface area contributed by atoms with Crippen molar-refractivity contribution >= 4 is 48.7 Å². The lowest BCUT2D eigenvalue weighted by atomic mass is 9.93. The third kappa shape index (κ3) is 5.46. The van der Waals surface area contributed by atoms with Gasteiger partial charge < -0.3 is 21.1 Å². The third-order valence-corrected chi connectivity index (χ3v) is 6.60. The summed E-state index contributed by atoms with van der Waals surface area (Å²) >= 11 is 6.93. The molecule has 0 radical (unpaired) electrons. The molecule has 1 aliphatic rings. The SMILES string of the molecule is Cn1c(=O)c2[nH]cnc2n(C)c1=O.Nc1c(Br)cc(Br)cc1CNC1CCC(O)CC1. The number of hydrogen-bond acceptors (Lipinski definition) is 6. The quantitative estimate of drug-likeness (QED) is 0.365. The predicted octanol–water partition coefficient (Wildman–Crippen LogP) is 2.15. The zero-order valence-electron chi connectivity index (χ0n) is 17.4. The van der Waals surface area contributed by atoms with Gasteiger partial charge in [-0.05, 0) is 59.3 Å². The molecule has 3 aromatic rings. The van der Waals surface area contributed by atoms with Gasteiger partial charge in [0.05, 0.1) is 18.1 Å². The number of aryl methyl sites for hydroxylation is 1. The van der Waals surface area contributed by atoms with E-state index in [0.29, 0.717) is 17.2 Å². The summed E-state index contributed by atoms with van der Waals surface area (Å²) in [4.78, 5) is 29.4. The zero-order chi connectivity index (χ0) is 22.7. The molecule has 9 nitrogen and oxygen atoms in total. The highest BCUT2D eigenvalue weighted by atomic mass is 79.9. The van der Waals surface area contributed by atoms with E-state index in [4.69, 9.17) is 5.73 Å². The fraction of sp³-hybridized carbons (Fsp3) is 0.450. The summed E-state index contributed by atoms with van der Waals surface area (Å²) < 4.78 is 4.32. The number of nitrogen functional groups attached to an aromatic ring is 1. The summed E-state index contributed by atoms with van der Waals surface area (Å²) in [5, 5.41) is 13.0. The van der Waals surface area contributed by atoms with Crippen LogP contribution >= 0.6 is 31.9 Å². The Balaban J connectivity index is 0.000000185. The van der Waals surface area contributed by atoms with Gasteiger partial charge in [-0.3, -0.25) is 13.9 Å². The second-order valence-corrected chi connectivity index (χ2v) is 9.42. The van der Waals surface area contributed by atoms with Gasteiger partial charge in [-0.2, -0.15) is 0 Å². The van der Waals surface area contributed by atoms with E-state index in [0.717, 1.165) is 57.0 Å². The van der Waals surface area contributed by atoms with Crippen molar-refractivity contribution in [2.24, 2.45) is 14.1 Å². The monoisotopic (exact) mass is 556 g/mol. The summed E-state index contributed by atoms with van der Waals surface area (Å²) in [5.74, 6) is 0. The van der Waals surface area contributed by atoms with Crippen LogP contribution in [0.4, 0.5) is 5.69 Å². The molecule has 0 saturated heterocycles. The van der Waals surface area contributed by atoms with Crippen LogP contribution in [0.15, 0.2) is 37.0 Å². The number of rotatable bonds is 3. The number of nitrogens with zero attached hydrogens (tertiary/aromatic N) is 3. The van der Waals surface area contributed by atoms with Gasteiger partial charge in [-0.1, -0.05) is 15.9 Å². The van der Waals surface area contributed by atoms with Crippen LogP contribution in [0.2, 0.25) is 0 Å². The Morgan fingerprint density at radius 3 is 2.55 bits per heavy atom. The number of nitrogens with two attached hydrogens (primary N) is 1. The number of imidazole rings is 1. The van der Waals surface area contributed by atoms with Gasteiger partial charge in [0.25, 0.3) is 5.56 Å². The van der Waals surface area contributed by atoms with Crippen LogP contribution in [0, 0.1) is 0 Å². The number of aromatic amines is 1. The number of halogens is 2. The van der Waals surface area contributed by atoms with E-state index in [-0.39, 0.29) is 17.4 Å². The molecule has 0 unspecified atom stereocenters. The Labute approximate surface area is 195 Å². The van der Waals surface area contributed by atoms with E-state index >= 15 is 0 Å². The number of nitrogens with one attached hydrogen (secondary N) is 2. The van der Waals surface area contributed by atoms with Crippen LogP contribution in [-0.2, 0) is 20.6 Å². The second-order valence-electron chi connectivity index (χ2n) is 7.65. The first-order valence-electron chi connectivity index (χ1n) is 9.93. The van der Waals surface area contributed by atoms with E-state index < -0.39 is 0 Å². The van der Waals surface area contributed by atoms with Crippen molar-refractivity contribution in [2.75, 3.05) is 5.73 Å². The first kappa shape index (κ1) is 23.7. The van der Waals surface area contributed by atoms with E-state index in [1.807, 2.05) is 12.1 Å². The maximum atomic E-state index is 11.4. The number of fused-ring (bicyclic) bond motifs is 1. The Hall–Kier alpha value is -1.95. The summed E-state index contributed by atoms with van der Waals surface area (Å²) in [6.07, 6.45) is 5.16. The number of hydrogen-bond donors (Lipinski definition) is 4. The van der Waals surface area contributed by atoms with Gasteiger partial charge in [0.1, 0.15) is 5.52 Å². The molecule has 11 heteroatoms. The Bertz CT molecular complexity index is 1180. The molecule has 168 valence electrons. The van der Waals surface area contributed by atoms with Gasteiger partial charge in [0, 0.05) is 35.6 Å². The Morgan fingerprint density at radius 1 is 1.19 bits per heavy atom. The highest BCUT2D eigenvalue weighted by Gasteiger charge is 2.19. The summed E-state index contributed by atoms with van der Waals surface area (Å²) in [6.45, 7) is 0.768. The van der Waals surface area contributed by atoms with Crippen LogP contribution in [-0.4, -0.2) is 36.4 Å². The topological polar surface area (TPSA) is 131 Å².